The Morgan fingerprint density at radius 2 is 1.21 bits per heavy atom. The van der Waals surface area contributed by atoms with Gasteiger partial charge in [0.25, 0.3) is 12.9 Å². The molecule has 0 saturated heterocycles. The van der Waals surface area contributed by atoms with Crippen LogP contribution in [0.25, 0.3) is 0 Å². The van der Waals surface area contributed by atoms with Gasteiger partial charge in [-0.2, -0.15) is 0 Å². The minimum absolute atomic E-state index is 0.00354. The van der Waals surface area contributed by atoms with Gasteiger partial charge in [-0.3, -0.25) is 24.1 Å². The Hall–Kier alpha value is -2.85. The third kappa shape index (κ3) is 9.97. The Bertz CT molecular complexity index is 409. The van der Waals surface area contributed by atoms with E-state index in [2.05, 4.69) is 9.47 Å². The summed E-state index contributed by atoms with van der Waals surface area (Å²) in [6.07, 6.45) is 0. The molecule has 0 aromatic heterocycles. The van der Waals surface area contributed by atoms with Crippen LogP contribution in [0.3, 0.4) is 0 Å². The van der Waals surface area contributed by atoms with Crippen LogP contribution in [0.15, 0.2) is 0 Å². The highest BCUT2D eigenvalue weighted by Crippen LogP contribution is 2.02. The van der Waals surface area contributed by atoms with E-state index in [4.69, 9.17) is 9.47 Å². The number of nitrogens with zero attached hydrogens (tertiary/aromatic N) is 2. The van der Waals surface area contributed by atoms with E-state index in [1.165, 1.54) is 4.90 Å². The van der Waals surface area contributed by atoms with E-state index in [9.17, 15) is 24.0 Å². The van der Waals surface area contributed by atoms with Crippen molar-refractivity contribution < 1.29 is 42.9 Å². The number of rotatable bonds is 12. The molecule has 11 heteroatoms. The fourth-order valence-corrected chi connectivity index (χ4v) is 1.41. The molecule has 0 aliphatic heterocycles. The molecule has 0 saturated carbocycles. The molecule has 0 spiro atoms. The quantitative estimate of drug-likeness (QED) is 0.145. The molecule has 0 fully saturated rings. The van der Waals surface area contributed by atoms with Gasteiger partial charge in [-0.25, -0.2) is 4.79 Å². The maximum absolute atomic E-state index is 12.4. The van der Waals surface area contributed by atoms with Crippen LogP contribution in [-0.4, -0.2) is 80.5 Å². The molecule has 0 unspecified atom stereocenters. The maximum Gasteiger partial charge on any atom is 0.325 e. The van der Waals surface area contributed by atoms with Gasteiger partial charge in [0.1, 0.15) is 13.2 Å². The normalized spacial score (nSPS) is 9.42. The predicted octanol–water partition coefficient (Wildman–Crippen LogP) is -0.902. The molecule has 0 aromatic rings. The third-order valence-electron chi connectivity index (χ3n) is 2.48. The summed E-state index contributed by atoms with van der Waals surface area (Å²) in [7, 11) is 0. The smallest absolute Gasteiger partial charge is 0.325 e. The summed E-state index contributed by atoms with van der Waals surface area (Å²) in [5, 5.41) is 0. The number of carbonyl (C=O) groups excluding carboxylic acids is 5. The molecule has 0 aromatic carbocycles. The minimum atomic E-state index is -0.665. The molecule has 0 radical (unpaired) electrons. The zero-order valence-electron chi connectivity index (χ0n) is 13.5. The Morgan fingerprint density at radius 3 is 1.54 bits per heavy atom. The minimum Gasteiger partial charge on any atom is -0.466 e. The Morgan fingerprint density at radius 1 is 0.792 bits per heavy atom. The van der Waals surface area contributed by atoms with Gasteiger partial charge in [0.2, 0.25) is 0 Å². The number of carbonyl (C=O) groups is 5. The first-order valence-electron chi connectivity index (χ1n) is 6.83. The van der Waals surface area contributed by atoms with E-state index in [-0.39, 0.29) is 39.2 Å². The van der Waals surface area contributed by atoms with Crippen molar-refractivity contribution in [2.45, 2.75) is 13.8 Å². The Kier molecular flexibility index (Phi) is 11.2. The van der Waals surface area contributed by atoms with E-state index >= 15 is 0 Å². The van der Waals surface area contributed by atoms with E-state index in [0.717, 1.165) is 18.7 Å². The SMILES string of the molecule is CC(=O)OCN(COC(C)=O)C(=O)N(CCOC=O)CCOC=O. The Labute approximate surface area is 138 Å². The second kappa shape index (κ2) is 12.7. The zero-order valence-corrected chi connectivity index (χ0v) is 13.5. The van der Waals surface area contributed by atoms with Gasteiger partial charge in [-0.15, -0.1) is 0 Å². The van der Waals surface area contributed by atoms with Crippen molar-refractivity contribution in [3.63, 3.8) is 0 Å². The molecule has 2 amide bonds. The fourth-order valence-electron chi connectivity index (χ4n) is 1.41. The van der Waals surface area contributed by atoms with Crippen LogP contribution in [0.1, 0.15) is 13.8 Å². The summed E-state index contributed by atoms with van der Waals surface area (Å²) in [6, 6.07) is -0.665. The van der Waals surface area contributed by atoms with Crippen molar-refractivity contribution in [3.8, 4) is 0 Å². The van der Waals surface area contributed by atoms with E-state index in [0.29, 0.717) is 0 Å². The topological polar surface area (TPSA) is 129 Å². The van der Waals surface area contributed by atoms with Gasteiger partial charge < -0.3 is 23.8 Å². The molecule has 11 nitrogen and oxygen atoms in total. The first-order valence-corrected chi connectivity index (χ1v) is 6.83. The zero-order chi connectivity index (χ0) is 18.4. The van der Waals surface area contributed by atoms with Crippen LogP contribution in [0.2, 0.25) is 0 Å². The van der Waals surface area contributed by atoms with Crippen LogP contribution in [0.5, 0.6) is 0 Å². The summed E-state index contributed by atoms with van der Waals surface area (Å²) in [6.45, 7) is 1.68. The van der Waals surface area contributed by atoms with Crippen molar-refractivity contribution in [3.05, 3.63) is 0 Å². The first-order chi connectivity index (χ1) is 11.4. The number of hydrogen-bond donors (Lipinski definition) is 0. The van der Waals surface area contributed by atoms with Crippen molar-refractivity contribution in [2.75, 3.05) is 39.8 Å². The fraction of sp³-hybridized carbons (Fsp3) is 0.615. The van der Waals surface area contributed by atoms with E-state index in [1.54, 1.807) is 0 Å². The predicted molar refractivity (Wildman–Crippen MR) is 76.1 cm³/mol. The van der Waals surface area contributed by atoms with Gasteiger partial charge in [0, 0.05) is 13.8 Å². The average Bonchev–Trinajstić information content (AvgIpc) is 2.52. The highest BCUT2D eigenvalue weighted by atomic mass is 16.6. The standard InChI is InChI=1S/C13H20N2O9/c1-11(18)23-7-15(8-24-12(2)19)13(20)14(3-5-21-9-16)4-6-22-10-17/h9-10H,3-8H2,1-2H3. The van der Waals surface area contributed by atoms with Crippen LogP contribution in [0.4, 0.5) is 4.79 Å². The Balaban J connectivity index is 4.89. The van der Waals surface area contributed by atoms with Crippen molar-refractivity contribution in [2.24, 2.45) is 0 Å². The van der Waals surface area contributed by atoms with Crippen molar-refractivity contribution in [1.82, 2.24) is 9.80 Å². The molecule has 0 aliphatic carbocycles. The number of ether oxygens (including phenoxy) is 4. The molecule has 0 N–H and O–H groups in total. The maximum atomic E-state index is 12.4. The van der Waals surface area contributed by atoms with Crippen molar-refractivity contribution in [1.29, 1.82) is 0 Å². The summed E-state index contributed by atoms with van der Waals surface area (Å²) in [4.78, 5) is 56.7. The molecule has 0 heterocycles. The average molecular weight is 348 g/mol. The van der Waals surface area contributed by atoms with Gasteiger partial charge in [-0.1, -0.05) is 0 Å². The van der Waals surface area contributed by atoms with Crippen LogP contribution >= 0.6 is 0 Å². The van der Waals surface area contributed by atoms with Gasteiger partial charge in [-0.05, 0) is 0 Å². The van der Waals surface area contributed by atoms with Crippen LogP contribution in [-0.2, 0) is 38.1 Å². The van der Waals surface area contributed by atoms with Gasteiger partial charge in [0.15, 0.2) is 13.5 Å². The first kappa shape index (κ1) is 21.1. The lowest BCUT2D eigenvalue weighted by Crippen LogP contribution is -2.48. The van der Waals surface area contributed by atoms with Crippen LogP contribution < -0.4 is 0 Å². The monoisotopic (exact) mass is 348 g/mol. The number of urea groups is 1. The summed E-state index contributed by atoms with van der Waals surface area (Å²) >= 11 is 0. The molecular formula is C13H20N2O9. The molecule has 24 heavy (non-hydrogen) atoms. The molecule has 0 bridgehead atoms. The molecule has 0 rings (SSSR count). The van der Waals surface area contributed by atoms with Crippen LogP contribution in [0, 0.1) is 0 Å². The van der Waals surface area contributed by atoms with Gasteiger partial charge in [0.05, 0.1) is 13.1 Å². The summed E-state index contributed by atoms with van der Waals surface area (Å²) in [5.74, 6) is -1.26. The number of hydrogen-bond acceptors (Lipinski definition) is 9. The molecular weight excluding hydrogens is 328 g/mol. The molecule has 0 aliphatic rings. The summed E-state index contributed by atoms with van der Waals surface area (Å²) in [5.41, 5.74) is 0. The second-order valence-electron chi connectivity index (χ2n) is 4.27. The second-order valence-corrected chi connectivity index (χ2v) is 4.27. The van der Waals surface area contributed by atoms with E-state index in [1.807, 2.05) is 0 Å². The van der Waals surface area contributed by atoms with Gasteiger partial charge >= 0.3 is 18.0 Å². The number of amides is 2. The summed E-state index contributed by atoms with van der Waals surface area (Å²) < 4.78 is 18.5. The lowest BCUT2D eigenvalue weighted by atomic mass is 10.5. The lowest BCUT2D eigenvalue weighted by Gasteiger charge is -2.29. The number of esters is 2. The highest BCUT2D eigenvalue weighted by molar-refractivity contribution is 5.75. The lowest BCUT2D eigenvalue weighted by molar-refractivity contribution is -0.152. The highest BCUT2D eigenvalue weighted by Gasteiger charge is 2.22. The molecule has 136 valence electrons. The largest absolute Gasteiger partial charge is 0.466 e. The van der Waals surface area contributed by atoms with Crippen molar-refractivity contribution >= 4 is 30.9 Å². The molecule has 0 atom stereocenters. The van der Waals surface area contributed by atoms with E-state index < -0.39 is 31.4 Å². The third-order valence-corrected chi connectivity index (χ3v) is 2.48.